The van der Waals surface area contributed by atoms with Crippen LogP contribution < -0.4 is 5.32 Å². The van der Waals surface area contributed by atoms with Crippen LogP contribution in [0.4, 0.5) is 14.6 Å². The van der Waals surface area contributed by atoms with Crippen molar-refractivity contribution in [1.29, 1.82) is 0 Å². The van der Waals surface area contributed by atoms with Crippen LogP contribution in [0.5, 0.6) is 0 Å². The first-order chi connectivity index (χ1) is 7.69. The van der Waals surface area contributed by atoms with Crippen molar-refractivity contribution < 1.29 is 13.5 Å². The zero-order valence-corrected chi connectivity index (χ0v) is 9.04. The maximum atomic E-state index is 13.2. The first kappa shape index (κ1) is 11.3. The second-order valence-electron chi connectivity index (χ2n) is 3.87. The Balaban J connectivity index is 1.87. The van der Waals surface area contributed by atoms with Crippen molar-refractivity contribution in [1.82, 2.24) is 4.98 Å². The number of nitrogens with one attached hydrogen (secondary N) is 1. The van der Waals surface area contributed by atoms with Crippen LogP contribution in [-0.2, 0) is 4.74 Å². The van der Waals surface area contributed by atoms with Crippen molar-refractivity contribution in [3.63, 3.8) is 0 Å². The fraction of sp³-hybridized carbons (Fsp3) is 0.545. The summed E-state index contributed by atoms with van der Waals surface area (Å²) < 4.78 is 31.2. The second kappa shape index (κ2) is 4.74. The van der Waals surface area contributed by atoms with Gasteiger partial charge in [0.2, 0.25) is 0 Å². The molecule has 16 heavy (non-hydrogen) atoms. The Kier molecular flexibility index (Phi) is 3.33. The highest BCUT2D eigenvalue weighted by Gasteiger charge is 2.30. The highest BCUT2D eigenvalue weighted by Crippen LogP contribution is 2.26. The molecule has 0 spiro atoms. The highest BCUT2D eigenvalue weighted by atomic mass is 19.1. The predicted molar refractivity (Wildman–Crippen MR) is 56.2 cm³/mol. The van der Waals surface area contributed by atoms with Gasteiger partial charge in [-0.15, -0.1) is 0 Å². The number of hydrogen-bond acceptors (Lipinski definition) is 3. The minimum absolute atomic E-state index is 0.112. The molecule has 0 saturated heterocycles. The van der Waals surface area contributed by atoms with Gasteiger partial charge in [0, 0.05) is 18.7 Å². The average molecular weight is 228 g/mol. The van der Waals surface area contributed by atoms with Crippen LogP contribution in [0.2, 0.25) is 0 Å². The highest BCUT2D eigenvalue weighted by molar-refractivity contribution is 5.37. The monoisotopic (exact) mass is 228 g/mol. The summed E-state index contributed by atoms with van der Waals surface area (Å²) in [7, 11) is 0. The van der Waals surface area contributed by atoms with Gasteiger partial charge in [-0.3, -0.25) is 0 Å². The molecule has 0 radical (unpaired) electrons. The first-order valence-electron chi connectivity index (χ1n) is 5.38. The van der Waals surface area contributed by atoms with Crippen LogP contribution >= 0.6 is 0 Å². The lowest BCUT2D eigenvalue weighted by Gasteiger charge is -2.35. The van der Waals surface area contributed by atoms with Gasteiger partial charge < -0.3 is 10.1 Å². The molecule has 1 fully saturated rings. The third-order valence-corrected chi connectivity index (χ3v) is 2.65. The van der Waals surface area contributed by atoms with Gasteiger partial charge in [-0.25, -0.2) is 13.8 Å². The van der Waals surface area contributed by atoms with Crippen LogP contribution in [0.25, 0.3) is 0 Å². The molecule has 1 aliphatic carbocycles. The number of anilines is 1. The maximum absolute atomic E-state index is 13.2. The topological polar surface area (TPSA) is 34.1 Å². The predicted octanol–water partition coefficient (Wildman–Crippen LogP) is 2.34. The summed E-state index contributed by atoms with van der Waals surface area (Å²) in [6, 6.07) is 0.998. The standard InChI is InChI=1S/C11H14F2N2O/c1-2-16-9-4-8(5-9)15-11-10(13)3-7(12)6-14-11/h3,6,8-9H,2,4-5H2,1H3,(H,14,15). The molecule has 1 aromatic heterocycles. The van der Waals surface area contributed by atoms with Crippen LogP contribution in [-0.4, -0.2) is 23.7 Å². The summed E-state index contributed by atoms with van der Waals surface area (Å²) in [6.07, 6.45) is 2.94. The minimum atomic E-state index is -0.663. The number of aromatic nitrogens is 1. The molecule has 0 aromatic carbocycles. The number of halogens is 2. The van der Waals surface area contributed by atoms with Gasteiger partial charge in [0.25, 0.3) is 0 Å². The maximum Gasteiger partial charge on any atom is 0.168 e. The Labute approximate surface area is 92.8 Å². The molecule has 1 aliphatic rings. The lowest BCUT2D eigenvalue weighted by atomic mass is 9.89. The lowest BCUT2D eigenvalue weighted by molar-refractivity contribution is 0.00285. The summed E-state index contributed by atoms with van der Waals surface area (Å²) in [5, 5.41) is 2.93. The zero-order valence-electron chi connectivity index (χ0n) is 9.04. The number of hydrogen-bond donors (Lipinski definition) is 1. The normalized spacial score (nSPS) is 23.9. The van der Waals surface area contributed by atoms with Crippen LogP contribution in [0, 0.1) is 11.6 Å². The summed E-state index contributed by atoms with van der Waals surface area (Å²) in [4.78, 5) is 3.67. The lowest BCUT2D eigenvalue weighted by Crippen LogP contribution is -2.41. The van der Waals surface area contributed by atoms with E-state index in [4.69, 9.17) is 4.74 Å². The Morgan fingerprint density at radius 1 is 1.50 bits per heavy atom. The molecular weight excluding hydrogens is 214 g/mol. The van der Waals surface area contributed by atoms with Crippen molar-refractivity contribution in [2.75, 3.05) is 11.9 Å². The number of rotatable bonds is 4. The van der Waals surface area contributed by atoms with E-state index in [0.717, 1.165) is 25.1 Å². The summed E-state index contributed by atoms with van der Waals surface area (Å²) >= 11 is 0. The molecular formula is C11H14F2N2O. The Bertz CT molecular complexity index is 367. The Morgan fingerprint density at radius 3 is 2.88 bits per heavy atom. The van der Waals surface area contributed by atoms with Gasteiger partial charge in [0.1, 0.15) is 5.82 Å². The average Bonchev–Trinajstić information content (AvgIpc) is 2.18. The molecule has 0 amide bonds. The molecule has 0 bridgehead atoms. The van der Waals surface area contributed by atoms with E-state index in [2.05, 4.69) is 10.3 Å². The van der Waals surface area contributed by atoms with Crippen LogP contribution in [0.15, 0.2) is 12.3 Å². The molecule has 0 atom stereocenters. The van der Waals surface area contributed by atoms with Crippen LogP contribution in [0.3, 0.4) is 0 Å². The quantitative estimate of drug-likeness (QED) is 0.858. The molecule has 2 rings (SSSR count). The molecule has 1 saturated carbocycles. The third-order valence-electron chi connectivity index (χ3n) is 2.65. The van der Waals surface area contributed by atoms with E-state index < -0.39 is 11.6 Å². The van der Waals surface area contributed by atoms with E-state index >= 15 is 0 Å². The molecule has 1 N–H and O–H groups in total. The molecule has 3 nitrogen and oxygen atoms in total. The van der Waals surface area contributed by atoms with Gasteiger partial charge >= 0.3 is 0 Å². The first-order valence-corrected chi connectivity index (χ1v) is 5.38. The number of ether oxygens (including phenoxy) is 1. The smallest absolute Gasteiger partial charge is 0.168 e. The van der Waals surface area contributed by atoms with Gasteiger partial charge in [0.15, 0.2) is 11.6 Å². The van der Waals surface area contributed by atoms with E-state index in [1.54, 1.807) is 0 Å². The molecule has 1 aromatic rings. The van der Waals surface area contributed by atoms with Crippen LogP contribution in [0.1, 0.15) is 19.8 Å². The molecule has 5 heteroatoms. The van der Waals surface area contributed by atoms with E-state index in [0.29, 0.717) is 6.61 Å². The van der Waals surface area contributed by atoms with Crippen molar-refractivity contribution in [2.24, 2.45) is 0 Å². The molecule has 0 aliphatic heterocycles. The Hall–Kier alpha value is -1.23. The van der Waals surface area contributed by atoms with Crippen molar-refractivity contribution in [3.8, 4) is 0 Å². The van der Waals surface area contributed by atoms with E-state index in [1.807, 2.05) is 6.92 Å². The Morgan fingerprint density at radius 2 is 2.25 bits per heavy atom. The summed E-state index contributed by atoms with van der Waals surface area (Å²) in [6.45, 7) is 2.64. The number of pyridine rings is 1. The van der Waals surface area contributed by atoms with Crippen molar-refractivity contribution in [2.45, 2.75) is 31.9 Å². The molecule has 1 heterocycles. The third kappa shape index (κ3) is 2.47. The molecule has 0 unspecified atom stereocenters. The largest absolute Gasteiger partial charge is 0.378 e. The molecule has 88 valence electrons. The van der Waals surface area contributed by atoms with E-state index in [-0.39, 0.29) is 18.0 Å². The van der Waals surface area contributed by atoms with Gasteiger partial charge in [0.05, 0.1) is 12.3 Å². The van der Waals surface area contributed by atoms with E-state index in [9.17, 15) is 8.78 Å². The van der Waals surface area contributed by atoms with Gasteiger partial charge in [-0.05, 0) is 19.8 Å². The summed E-state index contributed by atoms with van der Waals surface area (Å²) in [5.41, 5.74) is 0. The van der Waals surface area contributed by atoms with E-state index in [1.165, 1.54) is 0 Å². The van der Waals surface area contributed by atoms with Gasteiger partial charge in [-0.1, -0.05) is 0 Å². The fourth-order valence-corrected chi connectivity index (χ4v) is 1.77. The van der Waals surface area contributed by atoms with Crippen molar-refractivity contribution >= 4 is 5.82 Å². The minimum Gasteiger partial charge on any atom is -0.378 e. The van der Waals surface area contributed by atoms with Gasteiger partial charge in [-0.2, -0.15) is 0 Å². The zero-order chi connectivity index (χ0) is 11.5. The van der Waals surface area contributed by atoms with Crippen molar-refractivity contribution in [3.05, 3.63) is 23.9 Å². The SMILES string of the molecule is CCOC1CC(Nc2ncc(F)cc2F)C1. The second-order valence-corrected chi connectivity index (χ2v) is 3.87. The number of nitrogens with zero attached hydrogens (tertiary/aromatic N) is 1. The summed E-state index contributed by atoms with van der Waals surface area (Å²) in [5.74, 6) is -1.20. The fourth-order valence-electron chi connectivity index (χ4n) is 1.77.